The molecule has 0 aliphatic heterocycles. The average Bonchev–Trinajstić information content (AvgIpc) is 2.78. The smallest absolute Gasteiger partial charge is 0.209 e. The molecule has 2 aromatic rings. The number of pyridine rings is 1. The molecule has 0 aliphatic rings. The van der Waals surface area contributed by atoms with Crippen molar-refractivity contribution in [2.24, 2.45) is 0 Å². The van der Waals surface area contributed by atoms with Crippen LogP contribution in [0.4, 0.5) is 5.82 Å². The van der Waals surface area contributed by atoms with Crippen LogP contribution in [0.15, 0.2) is 0 Å². The number of hydrogen-bond donors (Lipinski definition) is 2. The van der Waals surface area contributed by atoms with Crippen LogP contribution in [0.25, 0.3) is 11.0 Å². The first kappa shape index (κ1) is 19.6. The Balaban J connectivity index is 2.62. The van der Waals surface area contributed by atoms with Gasteiger partial charge in [-0.1, -0.05) is 0 Å². The topological polar surface area (TPSA) is 112 Å². The minimum Gasteiger partial charge on any atom is -0.382 e. The van der Waals surface area contributed by atoms with Gasteiger partial charge >= 0.3 is 0 Å². The Morgan fingerprint density at radius 1 is 1.28 bits per heavy atom. The van der Waals surface area contributed by atoms with Crippen LogP contribution in [0.1, 0.15) is 37.9 Å². The number of imidazole rings is 1. The molecule has 0 aromatic carbocycles. The first-order valence-electron chi connectivity index (χ1n) is 8.13. The van der Waals surface area contributed by atoms with Crippen molar-refractivity contribution in [3.8, 4) is 0 Å². The van der Waals surface area contributed by atoms with Gasteiger partial charge in [-0.3, -0.25) is 0 Å². The fourth-order valence-electron chi connectivity index (χ4n) is 2.95. The van der Waals surface area contributed by atoms with E-state index in [9.17, 15) is 8.42 Å². The molecule has 9 heteroatoms. The maximum Gasteiger partial charge on any atom is 0.209 e. The second-order valence-electron chi connectivity index (χ2n) is 6.91. The lowest BCUT2D eigenvalue weighted by Crippen LogP contribution is -2.46. The van der Waals surface area contributed by atoms with E-state index in [4.69, 9.17) is 10.5 Å². The number of aromatic nitrogens is 3. The molecule has 3 N–H and O–H groups in total. The largest absolute Gasteiger partial charge is 0.382 e. The van der Waals surface area contributed by atoms with Crippen LogP contribution in [0, 0.1) is 13.8 Å². The Hall–Kier alpha value is -1.71. The molecule has 0 radical (unpaired) electrons. The molecule has 0 saturated carbocycles. The Bertz CT molecular complexity index is 887. The van der Waals surface area contributed by atoms with Crippen molar-refractivity contribution in [1.82, 2.24) is 19.3 Å². The molecule has 0 saturated heterocycles. The summed E-state index contributed by atoms with van der Waals surface area (Å²) < 4.78 is 33.5. The van der Waals surface area contributed by atoms with Gasteiger partial charge in [-0.2, -0.15) is 0 Å². The van der Waals surface area contributed by atoms with E-state index >= 15 is 0 Å². The fourth-order valence-corrected chi connectivity index (χ4v) is 4.02. The molecular weight excluding hydrogens is 342 g/mol. The Morgan fingerprint density at radius 2 is 1.92 bits per heavy atom. The zero-order chi connectivity index (χ0) is 19.0. The number of fused-ring (bicyclic) bond motifs is 1. The summed E-state index contributed by atoms with van der Waals surface area (Å²) in [5, 5.41) is 0. The predicted octanol–water partition coefficient (Wildman–Crippen LogP) is 1.49. The summed E-state index contributed by atoms with van der Waals surface area (Å²) in [6.45, 7) is 10.7. The number of ether oxygens (including phenoxy) is 1. The number of hydrogen-bond acceptors (Lipinski definition) is 6. The summed E-state index contributed by atoms with van der Waals surface area (Å²) in [5.74, 6) is 1.06. The van der Waals surface area contributed by atoms with Gasteiger partial charge in [-0.25, -0.2) is 23.1 Å². The van der Waals surface area contributed by atoms with Gasteiger partial charge in [0.1, 0.15) is 17.9 Å². The van der Waals surface area contributed by atoms with E-state index in [1.807, 2.05) is 39.2 Å². The number of anilines is 1. The molecule has 2 rings (SSSR count). The summed E-state index contributed by atoms with van der Waals surface area (Å²) in [7, 11) is -3.35. The van der Waals surface area contributed by atoms with Crippen LogP contribution in [0.2, 0.25) is 0 Å². The normalized spacial score (nSPS) is 12.9. The van der Waals surface area contributed by atoms with Crippen molar-refractivity contribution in [2.45, 2.75) is 53.3 Å². The predicted molar refractivity (Wildman–Crippen MR) is 98.8 cm³/mol. The van der Waals surface area contributed by atoms with Crippen molar-refractivity contribution < 1.29 is 13.2 Å². The molecule has 0 unspecified atom stereocenters. The minimum absolute atomic E-state index is 0.318. The molecule has 140 valence electrons. The van der Waals surface area contributed by atoms with E-state index in [-0.39, 0.29) is 0 Å². The van der Waals surface area contributed by atoms with Crippen LogP contribution < -0.4 is 10.5 Å². The highest BCUT2D eigenvalue weighted by Crippen LogP contribution is 2.28. The lowest BCUT2D eigenvalue weighted by Gasteiger charge is -2.27. The maximum atomic E-state index is 11.7. The van der Waals surface area contributed by atoms with E-state index in [0.29, 0.717) is 36.9 Å². The van der Waals surface area contributed by atoms with E-state index in [1.165, 1.54) is 0 Å². The second-order valence-corrected chi connectivity index (χ2v) is 8.66. The van der Waals surface area contributed by atoms with Crippen molar-refractivity contribution in [2.75, 3.05) is 18.6 Å². The summed E-state index contributed by atoms with van der Waals surface area (Å²) >= 11 is 0. The molecule has 0 amide bonds. The van der Waals surface area contributed by atoms with Crippen molar-refractivity contribution in [3.05, 3.63) is 17.1 Å². The first-order chi connectivity index (χ1) is 11.4. The van der Waals surface area contributed by atoms with E-state index in [2.05, 4.69) is 14.7 Å². The molecule has 0 fully saturated rings. The highest BCUT2D eigenvalue weighted by molar-refractivity contribution is 7.88. The third-order valence-corrected chi connectivity index (χ3v) is 4.85. The molecule has 0 atom stereocenters. The Labute approximate surface area is 148 Å². The summed E-state index contributed by atoms with van der Waals surface area (Å²) in [6, 6.07) is 0. The number of nitrogens with two attached hydrogens (primary N) is 1. The van der Waals surface area contributed by atoms with E-state index < -0.39 is 15.6 Å². The third kappa shape index (κ3) is 4.47. The van der Waals surface area contributed by atoms with E-state index in [0.717, 1.165) is 23.0 Å². The molecule has 2 aromatic heterocycles. The summed E-state index contributed by atoms with van der Waals surface area (Å²) in [5.41, 5.74) is 8.63. The van der Waals surface area contributed by atoms with Gasteiger partial charge in [-0.15, -0.1) is 0 Å². The first-order valence-corrected chi connectivity index (χ1v) is 10.0. The second kappa shape index (κ2) is 6.89. The highest BCUT2D eigenvalue weighted by Gasteiger charge is 2.27. The lowest BCUT2D eigenvalue weighted by molar-refractivity contribution is 0.125. The molecule has 8 nitrogen and oxygen atoms in total. The van der Waals surface area contributed by atoms with Gasteiger partial charge in [0.15, 0.2) is 5.82 Å². The van der Waals surface area contributed by atoms with Crippen molar-refractivity contribution in [1.29, 1.82) is 0 Å². The van der Waals surface area contributed by atoms with Crippen molar-refractivity contribution in [3.63, 3.8) is 0 Å². The van der Waals surface area contributed by atoms with Gasteiger partial charge in [-0.05, 0) is 40.2 Å². The molecule has 2 heterocycles. The van der Waals surface area contributed by atoms with Gasteiger partial charge in [0.25, 0.3) is 0 Å². The zero-order valence-electron chi connectivity index (χ0n) is 15.7. The number of aryl methyl sites for hydroxylation is 2. The van der Waals surface area contributed by atoms with Crippen LogP contribution in [-0.2, 0) is 27.9 Å². The Morgan fingerprint density at radius 3 is 2.48 bits per heavy atom. The van der Waals surface area contributed by atoms with Gasteiger partial charge < -0.3 is 15.0 Å². The quantitative estimate of drug-likeness (QED) is 0.765. The van der Waals surface area contributed by atoms with Crippen LogP contribution in [0.5, 0.6) is 0 Å². The third-order valence-electron chi connectivity index (χ3n) is 3.93. The van der Waals surface area contributed by atoms with Gasteiger partial charge in [0.2, 0.25) is 10.0 Å². The molecule has 0 spiro atoms. The lowest BCUT2D eigenvalue weighted by atomic mass is 10.1. The van der Waals surface area contributed by atoms with Gasteiger partial charge in [0, 0.05) is 24.4 Å². The number of nitrogens with one attached hydrogen (secondary N) is 1. The van der Waals surface area contributed by atoms with Gasteiger partial charge in [0.05, 0.1) is 11.8 Å². The average molecular weight is 369 g/mol. The standard InChI is InChI=1S/C16H27N5O3S/c1-7-24-8-12-19-13-14(10(2)11(3)18-15(13)17)21(12)9-16(4,5)20-25(6,22)23/h20H,7-9H2,1-6H3,(H2,17,18). The maximum absolute atomic E-state index is 11.7. The number of nitrogens with zero attached hydrogens (tertiary/aromatic N) is 3. The molecular formula is C16H27N5O3S. The van der Waals surface area contributed by atoms with Crippen LogP contribution >= 0.6 is 0 Å². The molecule has 0 bridgehead atoms. The summed E-state index contributed by atoms with van der Waals surface area (Å²) in [4.78, 5) is 8.95. The van der Waals surface area contributed by atoms with E-state index in [1.54, 1.807) is 0 Å². The highest BCUT2D eigenvalue weighted by atomic mass is 32.2. The monoisotopic (exact) mass is 369 g/mol. The SMILES string of the molecule is CCOCc1nc2c(N)nc(C)c(C)c2n1CC(C)(C)NS(C)(=O)=O. The number of rotatable bonds is 7. The number of nitrogen functional groups attached to an aromatic ring is 1. The fraction of sp³-hybridized carbons (Fsp3) is 0.625. The number of sulfonamides is 1. The molecule has 0 aliphatic carbocycles. The van der Waals surface area contributed by atoms with Crippen LogP contribution in [0.3, 0.4) is 0 Å². The van der Waals surface area contributed by atoms with Crippen LogP contribution in [-0.4, -0.2) is 41.4 Å². The van der Waals surface area contributed by atoms with Crippen molar-refractivity contribution >= 4 is 26.9 Å². The minimum atomic E-state index is -3.35. The zero-order valence-corrected chi connectivity index (χ0v) is 16.5. The summed E-state index contributed by atoms with van der Waals surface area (Å²) in [6.07, 6.45) is 1.15. The Kier molecular flexibility index (Phi) is 5.41. The molecule has 25 heavy (non-hydrogen) atoms.